The highest BCUT2D eigenvalue weighted by atomic mass is 16.6. The number of esters is 1. The molecular formula is C24H31NO2. The van der Waals surface area contributed by atoms with Gasteiger partial charge in [0.05, 0.1) is 5.92 Å². The topological polar surface area (TPSA) is 29.5 Å². The maximum absolute atomic E-state index is 12.8. The summed E-state index contributed by atoms with van der Waals surface area (Å²) in [5.41, 5.74) is 4.60. The van der Waals surface area contributed by atoms with E-state index in [4.69, 9.17) is 4.74 Å². The summed E-state index contributed by atoms with van der Waals surface area (Å²) >= 11 is 0. The lowest BCUT2D eigenvalue weighted by Crippen LogP contribution is -2.46. The smallest absolute Gasteiger partial charge is 0.310 e. The highest BCUT2D eigenvalue weighted by molar-refractivity contribution is 5.75. The van der Waals surface area contributed by atoms with Crippen molar-refractivity contribution in [3.8, 4) is 0 Å². The third kappa shape index (κ3) is 2.95. The zero-order valence-corrected chi connectivity index (χ0v) is 16.5. The van der Waals surface area contributed by atoms with E-state index < -0.39 is 0 Å². The first-order chi connectivity index (χ1) is 13.0. The van der Waals surface area contributed by atoms with Gasteiger partial charge in [0, 0.05) is 25.6 Å². The Hall–Kier alpha value is -1.61. The van der Waals surface area contributed by atoms with Crippen molar-refractivity contribution in [2.75, 3.05) is 13.1 Å². The van der Waals surface area contributed by atoms with Crippen LogP contribution in [0, 0.1) is 23.2 Å². The number of hydrogen-bond acceptors (Lipinski definition) is 3. The van der Waals surface area contributed by atoms with E-state index in [9.17, 15) is 4.79 Å². The summed E-state index contributed by atoms with van der Waals surface area (Å²) in [5, 5.41) is 0. The van der Waals surface area contributed by atoms with Crippen molar-refractivity contribution in [2.45, 2.75) is 58.1 Å². The van der Waals surface area contributed by atoms with Crippen LogP contribution >= 0.6 is 0 Å². The van der Waals surface area contributed by atoms with Gasteiger partial charge in [-0.25, -0.2) is 0 Å². The third-order valence-corrected chi connectivity index (χ3v) is 7.98. The standard InChI is InChI=1S/C24H31NO2/c1-16-6-5-10-24(2)13-22-19(12-21(16)24)20(23(26)27-22)15-25-11-9-17-7-3-4-8-18(17)14-25/h3-4,7-8,19-22H,1,5-6,9-15H2,2H3/t19-,20-,21-,22+,24+/m0/s1. The van der Waals surface area contributed by atoms with Gasteiger partial charge in [0.25, 0.3) is 0 Å². The van der Waals surface area contributed by atoms with Gasteiger partial charge < -0.3 is 4.74 Å². The van der Waals surface area contributed by atoms with Gasteiger partial charge in [-0.05, 0) is 61.0 Å². The van der Waals surface area contributed by atoms with Crippen LogP contribution in [0.25, 0.3) is 0 Å². The summed E-state index contributed by atoms with van der Waals surface area (Å²) in [4.78, 5) is 15.3. The molecule has 0 N–H and O–H groups in total. The molecule has 27 heavy (non-hydrogen) atoms. The van der Waals surface area contributed by atoms with Gasteiger partial charge in [-0.1, -0.05) is 43.3 Å². The fourth-order valence-corrected chi connectivity index (χ4v) is 6.45. The Bertz CT molecular complexity index is 771. The maximum atomic E-state index is 12.8. The minimum atomic E-state index is 0.0412. The fourth-order valence-electron chi connectivity index (χ4n) is 6.45. The molecule has 2 heterocycles. The zero-order valence-electron chi connectivity index (χ0n) is 16.5. The molecule has 4 aliphatic rings. The van der Waals surface area contributed by atoms with Crippen LogP contribution in [0.15, 0.2) is 36.4 Å². The first-order valence-corrected chi connectivity index (χ1v) is 10.7. The van der Waals surface area contributed by atoms with Crippen molar-refractivity contribution in [3.05, 3.63) is 47.5 Å². The van der Waals surface area contributed by atoms with Crippen LogP contribution in [0.3, 0.4) is 0 Å². The second kappa shape index (κ2) is 6.48. The number of hydrogen-bond donors (Lipinski definition) is 0. The summed E-state index contributed by atoms with van der Waals surface area (Å²) in [6, 6.07) is 8.72. The maximum Gasteiger partial charge on any atom is 0.310 e. The Kier molecular flexibility index (Phi) is 4.19. The summed E-state index contributed by atoms with van der Waals surface area (Å²) in [6.07, 6.45) is 7.02. The van der Waals surface area contributed by atoms with Crippen molar-refractivity contribution in [1.29, 1.82) is 0 Å². The van der Waals surface area contributed by atoms with Crippen LogP contribution in [0.5, 0.6) is 0 Å². The summed E-state index contributed by atoms with van der Waals surface area (Å²) in [5.74, 6) is 1.05. The van der Waals surface area contributed by atoms with E-state index in [1.54, 1.807) is 0 Å². The Morgan fingerprint density at radius 3 is 2.93 bits per heavy atom. The molecule has 3 nitrogen and oxygen atoms in total. The van der Waals surface area contributed by atoms with E-state index >= 15 is 0 Å². The van der Waals surface area contributed by atoms with E-state index in [1.807, 2.05) is 0 Å². The van der Waals surface area contributed by atoms with E-state index in [-0.39, 0.29) is 23.4 Å². The second-order valence-corrected chi connectivity index (χ2v) is 9.66. The summed E-state index contributed by atoms with van der Waals surface area (Å²) in [7, 11) is 0. The lowest BCUT2D eigenvalue weighted by molar-refractivity contribution is -0.146. The number of ether oxygens (including phenoxy) is 1. The van der Waals surface area contributed by atoms with Crippen molar-refractivity contribution in [3.63, 3.8) is 0 Å². The molecule has 0 amide bonds. The fraction of sp³-hybridized carbons (Fsp3) is 0.625. The van der Waals surface area contributed by atoms with Gasteiger partial charge in [-0.15, -0.1) is 0 Å². The van der Waals surface area contributed by atoms with E-state index in [1.165, 1.54) is 36.0 Å². The first kappa shape index (κ1) is 17.5. The Morgan fingerprint density at radius 1 is 1.26 bits per heavy atom. The molecule has 0 spiro atoms. The Morgan fingerprint density at radius 2 is 2.07 bits per heavy atom. The first-order valence-electron chi connectivity index (χ1n) is 10.7. The molecule has 3 fully saturated rings. The van der Waals surface area contributed by atoms with Crippen molar-refractivity contribution in [1.82, 2.24) is 4.90 Å². The van der Waals surface area contributed by atoms with E-state index in [0.717, 1.165) is 38.9 Å². The molecule has 144 valence electrons. The van der Waals surface area contributed by atoms with Gasteiger partial charge in [-0.2, -0.15) is 0 Å². The number of carbonyl (C=O) groups excluding carboxylic acids is 1. The number of nitrogens with zero attached hydrogens (tertiary/aromatic N) is 1. The number of carbonyl (C=O) groups is 1. The molecule has 0 unspecified atom stereocenters. The van der Waals surface area contributed by atoms with Gasteiger partial charge >= 0.3 is 5.97 Å². The summed E-state index contributed by atoms with van der Waals surface area (Å²) < 4.78 is 5.94. The van der Waals surface area contributed by atoms with E-state index in [2.05, 4.69) is 42.7 Å². The molecule has 2 saturated carbocycles. The molecule has 5 rings (SSSR count). The molecular weight excluding hydrogens is 334 g/mol. The molecule has 0 bridgehead atoms. The number of fused-ring (bicyclic) bond motifs is 3. The van der Waals surface area contributed by atoms with Crippen LogP contribution in [-0.2, 0) is 22.5 Å². The lowest BCUT2D eigenvalue weighted by Gasteiger charge is -2.50. The minimum Gasteiger partial charge on any atom is -0.462 e. The molecule has 1 saturated heterocycles. The number of allylic oxidation sites excluding steroid dienone is 1. The van der Waals surface area contributed by atoms with Crippen LogP contribution in [0.4, 0.5) is 0 Å². The van der Waals surface area contributed by atoms with Crippen molar-refractivity contribution < 1.29 is 9.53 Å². The number of benzene rings is 1. The number of rotatable bonds is 2. The predicted octanol–water partition coefficient (Wildman–Crippen LogP) is 4.36. The van der Waals surface area contributed by atoms with Gasteiger partial charge in [-0.3, -0.25) is 9.69 Å². The monoisotopic (exact) mass is 365 g/mol. The quantitative estimate of drug-likeness (QED) is 0.576. The third-order valence-electron chi connectivity index (χ3n) is 7.98. The molecule has 3 heteroatoms. The zero-order chi connectivity index (χ0) is 18.6. The molecule has 2 aliphatic carbocycles. The molecule has 1 aromatic carbocycles. The molecule has 2 aliphatic heterocycles. The lowest BCUT2D eigenvalue weighted by atomic mass is 9.55. The molecule has 0 radical (unpaired) electrons. The SMILES string of the molecule is C=C1CCC[C@]2(C)C[C@H]3OC(=O)[C@@H](CN4CCc5ccccc5C4)[C@@H]3C[C@@H]12. The van der Waals surface area contributed by atoms with Gasteiger partial charge in [0.2, 0.25) is 0 Å². The minimum absolute atomic E-state index is 0.0412. The average Bonchev–Trinajstić information content (AvgIpc) is 2.94. The van der Waals surface area contributed by atoms with Crippen LogP contribution in [0.2, 0.25) is 0 Å². The van der Waals surface area contributed by atoms with Crippen LogP contribution in [0.1, 0.15) is 50.2 Å². The van der Waals surface area contributed by atoms with E-state index in [0.29, 0.717) is 11.8 Å². The molecule has 1 aromatic rings. The molecule has 0 aromatic heterocycles. The van der Waals surface area contributed by atoms with Gasteiger partial charge in [0.15, 0.2) is 0 Å². The Labute approximate surface area is 162 Å². The highest BCUT2D eigenvalue weighted by Gasteiger charge is 2.55. The summed E-state index contributed by atoms with van der Waals surface area (Å²) in [6.45, 7) is 9.67. The highest BCUT2D eigenvalue weighted by Crippen LogP contribution is 2.57. The van der Waals surface area contributed by atoms with Crippen LogP contribution in [-0.4, -0.2) is 30.1 Å². The predicted molar refractivity (Wildman–Crippen MR) is 106 cm³/mol. The van der Waals surface area contributed by atoms with Crippen molar-refractivity contribution >= 4 is 5.97 Å². The largest absolute Gasteiger partial charge is 0.462 e. The second-order valence-electron chi connectivity index (χ2n) is 9.66. The Balaban J connectivity index is 1.32. The van der Waals surface area contributed by atoms with Gasteiger partial charge in [0.1, 0.15) is 6.10 Å². The molecule has 5 atom stereocenters. The van der Waals surface area contributed by atoms with Crippen LogP contribution < -0.4 is 0 Å². The van der Waals surface area contributed by atoms with Crippen molar-refractivity contribution in [2.24, 2.45) is 23.2 Å². The average molecular weight is 366 g/mol. The normalized spacial score (nSPS) is 38.7.